The summed E-state index contributed by atoms with van der Waals surface area (Å²) in [6, 6.07) is 6.63. The van der Waals surface area contributed by atoms with E-state index in [1.807, 2.05) is 27.0 Å². The quantitative estimate of drug-likeness (QED) is 0.733. The predicted molar refractivity (Wildman–Crippen MR) is 80.1 cm³/mol. The first-order chi connectivity index (χ1) is 9.26. The van der Waals surface area contributed by atoms with E-state index in [-0.39, 0.29) is 0 Å². The van der Waals surface area contributed by atoms with E-state index in [9.17, 15) is 0 Å². The molecule has 1 rings (SSSR count). The molecule has 19 heavy (non-hydrogen) atoms. The van der Waals surface area contributed by atoms with Gasteiger partial charge in [-0.25, -0.2) is 0 Å². The number of rotatable bonds is 9. The van der Waals surface area contributed by atoms with Crippen LogP contribution in [0.4, 0.5) is 0 Å². The molecule has 0 fully saturated rings. The average molecular weight is 265 g/mol. The van der Waals surface area contributed by atoms with Gasteiger partial charge in [0.15, 0.2) is 11.5 Å². The molecule has 3 nitrogen and oxygen atoms in total. The minimum absolute atomic E-state index is 0.384. The molecule has 0 amide bonds. The maximum Gasteiger partial charge on any atom is 0.161 e. The van der Waals surface area contributed by atoms with Crippen molar-refractivity contribution in [2.24, 2.45) is 0 Å². The largest absolute Gasteiger partial charge is 0.490 e. The second-order valence-corrected chi connectivity index (χ2v) is 4.56. The maximum absolute atomic E-state index is 5.68. The summed E-state index contributed by atoms with van der Waals surface area (Å²) in [5, 5.41) is 3.38. The van der Waals surface area contributed by atoms with Crippen LogP contribution >= 0.6 is 0 Å². The van der Waals surface area contributed by atoms with Gasteiger partial charge in [-0.3, -0.25) is 0 Å². The third-order valence-electron chi connectivity index (χ3n) is 3.16. The van der Waals surface area contributed by atoms with Crippen molar-refractivity contribution in [3.05, 3.63) is 23.8 Å². The molecule has 1 aromatic carbocycles. The minimum atomic E-state index is 0.384. The molecule has 0 saturated carbocycles. The lowest BCUT2D eigenvalue weighted by atomic mass is 10.0. The smallest absolute Gasteiger partial charge is 0.161 e. The van der Waals surface area contributed by atoms with Crippen LogP contribution in [-0.2, 0) is 0 Å². The van der Waals surface area contributed by atoms with Crippen molar-refractivity contribution in [1.29, 1.82) is 0 Å². The third-order valence-corrected chi connectivity index (χ3v) is 3.16. The molecule has 1 aromatic rings. The Labute approximate surface area is 117 Å². The lowest BCUT2D eigenvalue weighted by Gasteiger charge is -2.19. The summed E-state index contributed by atoms with van der Waals surface area (Å²) in [4.78, 5) is 0. The highest BCUT2D eigenvalue weighted by atomic mass is 16.5. The zero-order valence-corrected chi connectivity index (χ0v) is 12.7. The Morgan fingerprint density at radius 2 is 1.74 bits per heavy atom. The Hall–Kier alpha value is -1.22. The zero-order valence-electron chi connectivity index (χ0n) is 12.7. The highest BCUT2D eigenvalue weighted by Gasteiger charge is 2.12. The van der Waals surface area contributed by atoms with E-state index in [4.69, 9.17) is 9.47 Å². The summed E-state index contributed by atoms with van der Waals surface area (Å²) in [6.45, 7) is 7.51. The van der Waals surface area contributed by atoms with E-state index in [0.717, 1.165) is 17.9 Å². The second kappa shape index (κ2) is 8.81. The van der Waals surface area contributed by atoms with Crippen LogP contribution in [0.3, 0.4) is 0 Å². The van der Waals surface area contributed by atoms with E-state index in [1.165, 1.54) is 18.4 Å². The van der Waals surface area contributed by atoms with Crippen molar-refractivity contribution >= 4 is 0 Å². The highest BCUT2D eigenvalue weighted by Crippen LogP contribution is 2.32. The second-order valence-electron chi connectivity index (χ2n) is 4.56. The highest BCUT2D eigenvalue weighted by molar-refractivity contribution is 5.44. The van der Waals surface area contributed by atoms with Gasteiger partial charge in [-0.2, -0.15) is 0 Å². The Kier molecular flexibility index (Phi) is 7.34. The van der Waals surface area contributed by atoms with Crippen molar-refractivity contribution in [3.63, 3.8) is 0 Å². The number of nitrogens with one attached hydrogen (secondary N) is 1. The van der Waals surface area contributed by atoms with Crippen molar-refractivity contribution in [3.8, 4) is 11.5 Å². The van der Waals surface area contributed by atoms with Gasteiger partial charge in [0.25, 0.3) is 0 Å². The van der Waals surface area contributed by atoms with Gasteiger partial charge in [0, 0.05) is 6.04 Å². The van der Waals surface area contributed by atoms with Crippen LogP contribution in [0.1, 0.15) is 51.6 Å². The van der Waals surface area contributed by atoms with Crippen LogP contribution in [0.15, 0.2) is 18.2 Å². The van der Waals surface area contributed by atoms with Gasteiger partial charge >= 0.3 is 0 Å². The fourth-order valence-electron chi connectivity index (χ4n) is 2.17. The van der Waals surface area contributed by atoms with Gasteiger partial charge in [0.2, 0.25) is 0 Å². The van der Waals surface area contributed by atoms with Crippen molar-refractivity contribution in [2.45, 2.75) is 46.1 Å². The fraction of sp³-hybridized carbons (Fsp3) is 0.625. The molecular weight excluding hydrogens is 238 g/mol. The summed E-state index contributed by atoms with van der Waals surface area (Å²) in [5.41, 5.74) is 1.27. The van der Waals surface area contributed by atoms with E-state index in [2.05, 4.69) is 24.4 Å². The Balaban J connectivity index is 2.91. The first-order valence-electron chi connectivity index (χ1n) is 7.33. The molecule has 0 spiro atoms. The van der Waals surface area contributed by atoms with Crippen LogP contribution in [0.5, 0.6) is 11.5 Å². The Bertz CT molecular complexity index is 366. The zero-order chi connectivity index (χ0) is 14.1. The SMILES string of the molecule is CCCCC(NC)c1ccc(OCC)c(OCC)c1. The maximum atomic E-state index is 5.68. The molecule has 0 radical (unpaired) electrons. The van der Waals surface area contributed by atoms with Gasteiger partial charge in [-0.1, -0.05) is 25.8 Å². The van der Waals surface area contributed by atoms with Crippen LogP contribution in [0, 0.1) is 0 Å². The van der Waals surface area contributed by atoms with Crippen LogP contribution in [0.25, 0.3) is 0 Å². The number of benzene rings is 1. The minimum Gasteiger partial charge on any atom is -0.490 e. The summed E-state index contributed by atoms with van der Waals surface area (Å²) in [6.07, 6.45) is 3.59. The normalized spacial score (nSPS) is 12.2. The molecule has 0 aromatic heterocycles. The Morgan fingerprint density at radius 3 is 2.32 bits per heavy atom. The first-order valence-corrected chi connectivity index (χ1v) is 7.33. The first kappa shape index (κ1) is 15.8. The number of unbranched alkanes of at least 4 members (excludes halogenated alkanes) is 1. The topological polar surface area (TPSA) is 30.5 Å². The molecule has 1 atom stereocenters. The van der Waals surface area contributed by atoms with E-state index < -0.39 is 0 Å². The molecule has 0 bridgehead atoms. The van der Waals surface area contributed by atoms with E-state index >= 15 is 0 Å². The van der Waals surface area contributed by atoms with Crippen LogP contribution in [0.2, 0.25) is 0 Å². The number of ether oxygens (including phenoxy) is 2. The summed E-state index contributed by atoms with van der Waals surface area (Å²) in [5.74, 6) is 1.68. The fourth-order valence-corrected chi connectivity index (χ4v) is 2.17. The summed E-state index contributed by atoms with van der Waals surface area (Å²) < 4.78 is 11.3. The summed E-state index contributed by atoms with van der Waals surface area (Å²) >= 11 is 0. The van der Waals surface area contributed by atoms with Crippen molar-refractivity contribution in [2.75, 3.05) is 20.3 Å². The van der Waals surface area contributed by atoms with E-state index in [1.54, 1.807) is 0 Å². The molecule has 0 heterocycles. The molecule has 1 N–H and O–H groups in total. The molecule has 1 unspecified atom stereocenters. The monoisotopic (exact) mass is 265 g/mol. The molecular formula is C16H27NO2. The lowest BCUT2D eigenvalue weighted by molar-refractivity contribution is 0.287. The Morgan fingerprint density at radius 1 is 1.05 bits per heavy atom. The lowest BCUT2D eigenvalue weighted by Crippen LogP contribution is -2.16. The van der Waals surface area contributed by atoms with Gasteiger partial charge in [0.05, 0.1) is 13.2 Å². The van der Waals surface area contributed by atoms with Gasteiger partial charge in [0.1, 0.15) is 0 Å². The van der Waals surface area contributed by atoms with Gasteiger partial charge in [-0.05, 0) is 45.0 Å². The van der Waals surface area contributed by atoms with Gasteiger partial charge < -0.3 is 14.8 Å². The van der Waals surface area contributed by atoms with Gasteiger partial charge in [-0.15, -0.1) is 0 Å². The van der Waals surface area contributed by atoms with Crippen LogP contribution in [-0.4, -0.2) is 20.3 Å². The predicted octanol–water partition coefficient (Wildman–Crippen LogP) is 3.93. The van der Waals surface area contributed by atoms with Crippen LogP contribution < -0.4 is 14.8 Å². The standard InChI is InChI=1S/C16H27NO2/c1-5-8-9-14(17-4)13-10-11-15(18-6-2)16(12-13)19-7-3/h10-12,14,17H,5-9H2,1-4H3. The van der Waals surface area contributed by atoms with E-state index in [0.29, 0.717) is 19.3 Å². The molecule has 0 aliphatic heterocycles. The molecule has 0 saturated heterocycles. The summed E-state index contributed by atoms with van der Waals surface area (Å²) in [7, 11) is 2.01. The third kappa shape index (κ3) is 4.75. The molecule has 3 heteroatoms. The molecule has 0 aliphatic carbocycles. The van der Waals surface area contributed by atoms with Crippen molar-refractivity contribution < 1.29 is 9.47 Å². The molecule has 0 aliphatic rings. The molecule has 108 valence electrons. The number of hydrogen-bond donors (Lipinski definition) is 1. The van der Waals surface area contributed by atoms with Crippen molar-refractivity contribution in [1.82, 2.24) is 5.32 Å². The average Bonchev–Trinajstić information content (AvgIpc) is 2.43. The number of hydrogen-bond acceptors (Lipinski definition) is 3.